The minimum absolute atomic E-state index is 0.433. The molecule has 6 heteroatoms. The zero-order valence-electron chi connectivity index (χ0n) is 8.83. The molecule has 0 aliphatic carbocycles. The van der Waals surface area contributed by atoms with Gasteiger partial charge in [-0.1, -0.05) is 6.58 Å². The molecule has 1 saturated heterocycles. The van der Waals surface area contributed by atoms with Crippen LogP contribution < -0.4 is 5.32 Å². The molecule has 0 aromatic heterocycles. The lowest BCUT2D eigenvalue weighted by Crippen LogP contribution is -2.49. The van der Waals surface area contributed by atoms with Crippen molar-refractivity contribution in [1.82, 2.24) is 10.2 Å². The van der Waals surface area contributed by atoms with Gasteiger partial charge in [-0.2, -0.15) is 0 Å². The van der Waals surface area contributed by atoms with E-state index in [1.165, 1.54) is 11.1 Å². The van der Waals surface area contributed by atoms with E-state index >= 15 is 0 Å². The second-order valence-electron chi connectivity index (χ2n) is 3.89. The summed E-state index contributed by atoms with van der Waals surface area (Å²) >= 11 is 0. The number of carbonyl (C=O) groups is 1. The van der Waals surface area contributed by atoms with Crippen LogP contribution in [0.3, 0.4) is 0 Å². The van der Waals surface area contributed by atoms with Gasteiger partial charge in [-0.25, -0.2) is 4.79 Å². The third kappa shape index (κ3) is 1.71. The molecule has 2 aliphatic rings. The Bertz CT molecular complexity index is 355. The Morgan fingerprint density at radius 2 is 2.19 bits per heavy atom. The van der Waals surface area contributed by atoms with Crippen molar-refractivity contribution >= 4 is 6.03 Å². The molecule has 88 valence electrons. The van der Waals surface area contributed by atoms with Crippen molar-refractivity contribution in [2.24, 2.45) is 0 Å². The summed E-state index contributed by atoms with van der Waals surface area (Å²) in [6.07, 6.45) is -0.416. The maximum atomic E-state index is 11.6. The van der Waals surface area contributed by atoms with E-state index in [9.17, 15) is 15.0 Å². The lowest BCUT2D eigenvalue weighted by atomic mass is 10.1. The summed E-state index contributed by atoms with van der Waals surface area (Å²) in [6, 6.07) is -0.433. The number of hydrogen-bond acceptors (Lipinski definition) is 4. The first kappa shape index (κ1) is 11.1. The molecule has 0 saturated carbocycles. The van der Waals surface area contributed by atoms with Crippen LogP contribution in [-0.4, -0.2) is 45.7 Å². The van der Waals surface area contributed by atoms with Gasteiger partial charge in [0.05, 0.1) is 6.10 Å². The van der Waals surface area contributed by atoms with Crippen LogP contribution in [0.5, 0.6) is 0 Å². The smallest absolute Gasteiger partial charge is 0.328 e. The average Bonchev–Trinajstić information content (AvgIpc) is 2.46. The first-order chi connectivity index (χ1) is 7.50. The van der Waals surface area contributed by atoms with Gasteiger partial charge in [0.15, 0.2) is 6.23 Å². The van der Waals surface area contributed by atoms with E-state index in [4.69, 9.17) is 4.74 Å². The van der Waals surface area contributed by atoms with Crippen LogP contribution in [0.1, 0.15) is 6.92 Å². The Kier molecular flexibility index (Phi) is 2.71. The lowest BCUT2D eigenvalue weighted by molar-refractivity contribution is -0.0490. The van der Waals surface area contributed by atoms with Crippen LogP contribution in [-0.2, 0) is 4.74 Å². The van der Waals surface area contributed by atoms with Gasteiger partial charge in [0.25, 0.3) is 0 Å². The van der Waals surface area contributed by atoms with Crippen molar-refractivity contribution in [3.63, 3.8) is 0 Å². The Morgan fingerprint density at radius 3 is 2.69 bits per heavy atom. The Labute approximate surface area is 92.8 Å². The number of nitrogens with zero attached hydrogens (tertiary/aromatic N) is 1. The molecule has 0 unspecified atom stereocenters. The van der Waals surface area contributed by atoms with Crippen molar-refractivity contribution < 1.29 is 19.7 Å². The molecule has 4 atom stereocenters. The molecule has 2 aliphatic heterocycles. The van der Waals surface area contributed by atoms with Gasteiger partial charge in [0.2, 0.25) is 0 Å². The second-order valence-corrected chi connectivity index (χ2v) is 3.89. The zero-order chi connectivity index (χ0) is 11.9. The summed E-state index contributed by atoms with van der Waals surface area (Å²) in [7, 11) is 0. The molecule has 0 aromatic rings. The maximum Gasteiger partial charge on any atom is 0.328 e. The summed E-state index contributed by atoms with van der Waals surface area (Å²) in [4.78, 5) is 12.8. The van der Waals surface area contributed by atoms with Gasteiger partial charge in [0.1, 0.15) is 12.2 Å². The zero-order valence-corrected chi connectivity index (χ0v) is 8.83. The summed E-state index contributed by atoms with van der Waals surface area (Å²) in [6.45, 7) is 5.21. The molecule has 0 aromatic carbocycles. The molecule has 0 spiro atoms. The maximum absolute atomic E-state index is 11.6. The van der Waals surface area contributed by atoms with E-state index in [0.29, 0.717) is 5.70 Å². The predicted molar refractivity (Wildman–Crippen MR) is 55.0 cm³/mol. The SMILES string of the molecule is C=C1C=CN([C@@H]2O[C@H](C)[C@H](O)[C@@H]2O)C(=O)N1. The molecule has 16 heavy (non-hydrogen) atoms. The number of aliphatic hydroxyl groups excluding tert-OH is 2. The molecule has 6 nitrogen and oxygen atoms in total. The molecule has 0 bridgehead atoms. The lowest BCUT2D eigenvalue weighted by Gasteiger charge is -2.29. The van der Waals surface area contributed by atoms with Gasteiger partial charge in [0, 0.05) is 11.9 Å². The number of aliphatic hydroxyl groups is 2. The third-order valence-electron chi connectivity index (χ3n) is 2.69. The van der Waals surface area contributed by atoms with E-state index in [0.717, 1.165) is 0 Å². The monoisotopic (exact) mass is 226 g/mol. The van der Waals surface area contributed by atoms with E-state index in [-0.39, 0.29) is 0 Å². The first-order valence-corrected chi connectivity index (χ1v) is 4.98. The minimum atomic E-state index is -1.11. The average molecular weight is 226 g/mol. The largest absolute Gasteiger partial charge is 0.388 e. The molecule has 2 rings (SSSR count). The van der Waals surface area contributed by atoms with Gasteiger partial charge in [-0.3, -0.25) is 4.90 Å². The van der Waals surface area contributed by atoms with Crippen molar-refractivity contribution in [3.8, 4) is 0 Å². The summed E-state index contributed by atoms with van der Waals surface area (Å²) < 4.78 is 5.32. The normalized spacial score (nSPS) is 39.1. The topological polar surface area (TPSA) is 82.0 Å². The number of carbonyl (C=O) groups excluding carboxylic acids is 1. The molecule has 3 N–H and O–H groups in total. The molecule has 1 fully saturated rings. The first-order valence-electron chi connectivity index (χ1n) is 4.98. The summed E-state index contributed by atoms with van der Waals surface area (Å²) in [5, 5.41) is 21.7. The highest BCUT2D eigenvalue weighted by atomic mass is 16.6. The number of nitrogens with one attached hydrogen (secondary N) is 1. The standard InChI is InChI=1S/C10H14N2O4/c1-5-3-4-12(10(15)11-5)9-8(14)7(13)6(2)16-9/h3-4,6-9,13-14H,1H2,2H3,(H,11,15)/t6-,7+,8+,9-/m1/s1. The van der Waals surface area contributed by atoms with Gasteiger partial charge < -0.3 is 20.3 Å². The highest BCUT2D eigenvalue weighted by Crippen LogP contribution is 2.25. The van der Waals surface area contributed by atoms with Crippen LogP contribution in [0.4, 0.5) is 4.79 Å². The Hall–Kier alpha value is -1.37. The highest BCUT2D eigenvalue weighted by molar-refractivity contribution is 5.79. The van der Waals surface area contributed by atoms with Crippen molar-refractivity contribution in [3.05, 3.63) is 24.6 Å². The number of urea groups is 1. The predicted octanol–water partition coefficient (Wildman–Crippen LogP) is -0.494. The fraction of sp³-hybridized carbons (Fsp3) is 0.500. The van der Waals surface area contributed by atoms with Crippen LogP contribution >= 0.6 is 0 Å². The fourth-order valence-corrected chi connectivity index (χ4v) is 1.74. The fourth-order valence-electron chi connectivity index (χ4n) is 1.74. The number of rotatable bonds is 1. The third-order valence-corrected chi connectivity index (χ3v) is 2.69. The molecular formula is C10H14N2O4. The van der Waals surface area contributed by atoms with Crippen molar-refractivity contribution in [2.75, 3.05) is 0 Å². The van der Waals surface area contributed by atoms with Gasteiger partial charge in [-0.15, -0.1) is 0 Å². The van der Waals surface area contributed by atoms with Gasteiger partial charge >= 0.3 is 6.03 Å². The Morgan fingerprint density at radius 1 is 1.50 bits per heavy atom. The van der Waals surface area contributed by atoms with Crippen LogP contribution in [0.25, 0.3) is 0 Å². The van der Waals surface area contributed by atoms with E-state index < -0.39 is 30.6 Å². The molecule has 2 amide bonds. The number of allylic oxidation sites excluding steroid dienone is 1. The van der Waals surface area contributed by atoms with Crippen LogP contribution in [0.2, 0.25) is 0 Å². The van der Waals surface area contributed by atoms with Crippen LogP contribution in [0.15, 0.2) is 24.6 Å². The Balaban J connectivity index is 2.17. The van der Waals surface area contributed by atoms with Crippen molar-refractivity contribution in [2.45, 2.75) is 31.5 Å². The second kappa shape index (κ2) is 3.89. The number of amides is 2. The van der Waals surface area contributed by atoms with Gasteiger partial charge in [-0.05, 0) is 13.0 Å². The highest BCUT2D eigenvalue weighted by Gasteiger charge is 2.44. The van der Waals surface area contributed by atoms with E-state index in [1.807, 2.05) is 0 Å². The molecule has 0 radical (unpaired) electrons. The quantitative estimate of drug-likeness (QED) is 0.563. The summed E-state index contributed by atoms with van der Waals surface area (Å²) in [5.41, 5.74) is 0.474. The number of ether oxygens (including phenoxy) is 1. The molecule has 2 heterocycles. The van der Waals surface area contributed by atoms with E-state index in [1.54, 1.807) is 13.0 Å². The number of hydrogen-bond donors (Lipinski definition) is 3. The minimum Gasteiger partial charge on any atom is -0.388 e. The van der Waals surface area contributed by atoms with E-state index in [2.05, 4.69) is 11.9 Å². The molecular weight excluding hydrogens is 212 g/mol. The summed E-state index contributed by atoms with van der Waals surface area (Å²) in [5.74, 6) is 0. The van der Waals surface area contributed by atoms with Crippen LogP contribution in [0, 0.1) is 0 Å². The van der Waals surface area contributed by atoms with Crippen molar-refractivity contribution in [1.29, 1.82) is 0 Å².